The van der Waals surface area contributed by atoms with E-state index in [2.05, 4.69) is 35.2 Å². The van der Waals surface area contributed by atoms with Gasteiger partial charge in [0.15, 0.2) is 0 Å². The Labute approximate surface area is 136 Å². The fourth-order valence-corrected chi connectivity index (χ4v) is 3.28. The smallest absolute Gasteiger partial charge is 0.224 e. The Kier molecular flexibility index (Phi) is 4.03. The van der Waals surface area contributed by atoms with Crippen LogP contribution in [0.3, 0.4) is 0 Å². The number of aryl methyl sites for hydroxylation is 1. The van der Waals surface area contributed by atoms with Gasteiger partial charge in [-0.2, -0.15) is 0 Å². The molecule has 0 aliphatic carbocycles. The van der Waals surface area contributed by atoms with Crippen LogP contribution in [0.5, 0.6) is 0 Å². The summed E-state index contributed by atoms with van der Waals surface area (Å²) in [4.78, 5) is 22.7. The fraction of sp³-hybridized carbons (Fsp3) is 0.389. The summed E-state index contributed by atoms with van der Waals surface area (Å²) in [5.74, 6) is 1.08. The van der Waals surface area contributed by atoms with Gasteiger partial charge in [-0.05, 0) is 25.5 Å². The van der Waals surface area contributed by atoms with Crippen molar-refractivity contribution in [3.8, 4) is 0 Å². The summed E-state index contributed by atoms with van der Waals surface area (Å²) in [6.45, 7) is 7.80. The maximum Gasteiger partial charge on any atom is 0.224 e. The first-order valence-corrected chi connectivity index (χ1v) is 7.93. The number of carbonyl (C=O) groups is 1. The van der Waals surface area contributed by atoms with E-state index in [0.717, 1.165) is 22.8 Å². The molecule has 3 unspecified atom stereocenters. The van der Waals surface area contributed by atoms with E-state index in [0.29, 0.717) is 0 Å². The number of benzene rings is 1. The third kappa shape index (κ3) is 2.79. The average Bonchev–Trinajstić information content (AvgIpc) is 2.53. The summed E-state index contributed by atoms with van der Waals surface area (Å²) < 4.78 is 0. The van der Waals surface area contributed by atoms with Crippen molar-refractivity contribution >= 4 is 17.4 Å². The van der Waals surface area contributed by atoms with Crippen LogP contribution in [0.2, 0.25) is 0 Å². The lowest BCUT2D eigenvalue weighted by atomic mass is 9.83. The van der Waals surface area contributed by atoms with Crippen LogP contribution in [0, 0.1) is 12.8 Å². The van der Waals surface area contributed by atoms with Gasteiger partial charge in [-0.1, -0.05) is 25.1 Å². The number of anilines is 2. The van der Waals surface area contributed by atoms with Gasteiger partial charge < -0.3 is 10.2 Å². The van der Waals surface area contributed by atoms with Crippen LogP contribution in [-0.2, 0) is 4.79 Å². The summed E-state index contributed by atoms with van der Waals surface area (Å²) in [7, 11) is 0. The second-order valence-corrected chi connectivity index (χ2v) is 6.21. The molecule has 0 bridgehead atoms. The summed E-state index contributed by atoms with van der Waals surface area (Å²) in [6, 6.07) is 8.27. The van der Waals surface area contributed by atoms with Gasteiger partial charge in [0.25, 0.3) is 0 Å². The van der Waals surface area contributed by atoms with E-state index < -0.39 is 0 Å². The quantitative estimate of drug-likeness (QED) is 0.924. The monoisotopic (exact) mass is 310 g/mol. The molecule has 5 nitrogen and oxygen atoms in total. The summed E-state index contributed by atoms with van der Waals surface area (Å²) in [5, 5.41) is 3.49. The van der Waals surface area contributed by atoms with E-state index in [1.54, 1.807) is 19.3 Å². The van der Waals surface area contributed by atoms with Gasteiger partial charge in [0, 0.05) is 24.6 Å². The molecule has 1 aliphatic heterocycles. The Hall–Kier alpha value is -2.43. The largest absolute Gasteiger partial charge is 0.362 e. The average molecular weight is 310 g/mol. The molecule has 1 aromatic carbocycles. The van der Waals surface area contributed by atoms with Crippen molar-refractivity contribution < 1.29 is 4.79 Å². The lowest BCUT2D eigenvalue weighted by Gasteiger charge is -2.43. The molecule has 23 heavy (non-hydrogen) atoms. The van der Waals surface area contributed by atoms with Crippen molar-refractivity contribution in [2.24, 2.45) is 5.92 Å². The Bertz CT molecular complexity index is 713. The highest BCUT2D eigenvalue weighted by molar-refractivity contribution is 5.93. The Morgan fingerprint density at radius 2 is 1.91 bits per heavy atom. The third-order valence-corrected chi connectivity index (χ3v) is 4.65. The van der Waals surface area contributed by atoms with Gasteiger partial charge >= 0.3 is 0 Å². The van der Waals surface area contributed by atoms with Crippen LogP contribution in [0.15, 0.2) is 36.7 Å². The predicted molar refractivity (Wildman–Crippen MR) is 91.4 cm³/mol. The summed E-state index contributed by atoms with van der Waals surface area (Å²) >= 11 is 0. The number of nitrogens with zero attached hydrogens (tertiary/aromatic N) is 3. The van der Waals surface area contributed by atoms with Crippen LogP contribution < -0.4 is 10.2 Å². The maximum atomic E-state index is 12.1. The second-order valence-electron chi connectivity index (χ2n) is 6.21. The van der Waals surface area contributed by atoms with Crippen molar-refractivity contribution in [2.45, 2.75) is 39.8 Å². The van der Waals surface area contributed by atoms with E-state index in [-0.39, 0.29) is 23.9 Å². The number of nitrogens with one attached hydrogen (secondary N) is 1. The Balaban J connectivity index is 2.01. The number of hydrogen-bond acceptors (Lipinski definition) is 4. The molecule has 1 N–H and O–H groups in total. The minimum atomic E-state index is 0.0744. The first kappa shape index (κ1) is 15.5. The van der Waals surface area contributed by atoms with Gasteiger partial charge in [-0.3, -0.25) is 9.78 Å². The molecule has 0 saturated carbocycles. The van der Waals surface area contributed by atoms with E-state index in [9.17, 15) is 4.79 Å². The number of aromatic nitrogens is 2. The number of para-hydroxylation sites is 1. The highest BCUT2D eigenvalue weighted by Gasteiger charge is 2.37. The van der Waals surface area contributed by atoms with Crippen molar-refractivity contribution in [3.63, 3.8) is 0 Å². The van der Waals surface area contributed by atoms with Gasteiger partial charge in [-0.15, -0.1) is 0 Å². The predicted octanol–water partition coefficient (Wildman–Crippen LogP) is 3.33. The van der Waals surface area contributed by atoms with Crippen molar-refractivity contribution in [1.82, 2.24) is 9.97 Å². The number of amides is 1. The highest BCUT2D eigenvalue weighted by Crippen LogP contribution is 2.41. The Morgan fingerprint density at radius 1 is 1.17 bits per heavy atom. The number of rotatable bonds is 2. The molecule has 1 aliphatic rings. The molecule has 120 valence electrons. The normalized spacial score (nSPS) is 23.3. The first-order valence-electron chi connectivity index (χ1n) is 7.93. The number of hydrogen-bond donors (Lipinski definition) is 1. The molecule has 3 atom stereocenters. The van der Waals surface area contributed by atoms with Crippen molar-refractivity contribution in [3.05, 3.63) is 47.9 Å². The van der Waals surface area contributed by atoms with Gasteiger partial charge in [0.05, 0.1) is 24.1 Å². The molecule has 0 radical (unpaired) electrons. The highest BCUT2D eigenvalue weighted by atomic mass is 16.2. The van der Waals surface area contributed by atoms with Crippen LogP contribution in [0.1, 0.15) is 38.1 Å². The van der Waals surface area contributed by atoms with Crippen LogP contribution >= 0.6 is 0 Å². The molecule has 5 heteroatoms. The van der Waals surface area contributed by atoms with E-state index in [1.807, 2.05) is 30.0 Å². The summed E-state index contributed by atoms with van der Waals surface area (Å²) in [5.41, 5.74) is 2.99. The SMILES string of the molecule is CC(=O)N1c2ccccc2C(Nc2cnc(C)cn2)C(C)C1C. The van der Waals surface area contributed by atoms with E-state index in [1.165, 1.54) is 0 Å². The molecule has 0 fully saturated rings. The van der Waals surface area contributed by atoms with Gasteiger partial charge in [-0.25, -0.2) is 4.98 Å². The standard InChI is InChI=1S/C18H22N4O/c1-11-9-20-17(10-19-11)21-18-12(2)13(3)22(14(4)23)16-8-6-5-7-15(16)18/h5-10,12-13,18H,1-4H3,(H,20,21). The second kappa shape index (κ2) is 5.99. The van der Waals surface area contributed by atoms with Crippen LogP contribution in [0.25, 0.3) is 0 Å². The first-order chi connectivity index (χ1) is 11.0. The van der Waals surface area contributed by atoms with Gasteiger partial charge in [0.1, 0.15) is 5.82 Å². The maximum absolute atomic E-state index is 12.1. The molecule has 0 spiro atoms. The zero-order valence-electron chi connectivity index (χ0n) is 13.9. The third-order valence-electron chi connectivity index (χ3n) is 4.65. The van der Waals surface area contributed by atoms with E-state index in [4.69, 9.17) is 0 Å². The van der Waals surface area contributed by atoms with E-state index >= 15 is 0 Å². The van der Waals surface area contributed by atoms with Crippen LogP contribution in [0.4, 0.5) is 11.5 Å². The minimum absolute atomic E-state index is 0.0744. The van der Waals surface area contributed by atoms with Crippen molar-refractivity contribution in [2.75, 3.05) is 10.2 Å². The fourth-order valence-electron chi connectivity index (χ4n) is 3.28. The molecular formula is C18H22N4O. The Morgan fingerprint density at radius 3 is 2.57 bits per heavy atom. The molecule has 0 saturated heterocycles. The zero-order valence-corrected chi connectivity index (χ0v) is 13.9. The number of fused-ring (bicyclic) bond motifs is 1. The molecule has 1 aromatic heterocycles. The molecule has 2 aromatic rings. The lowest BCUT2D eigenvalue weighted by molar-refractivity contribution is -0.117. The molecule has 3 rings (SSSR count). The molecular weight excluding hydrogens is 288 g/mol. The zero-order chi connectivity index (χ0) is 16.6. The minimum Gasteiger partial charge on any atom is -0.362 e. The lowest BCUT2D eigenvalue weighted by Crippen LogP contribution is -2.48. The van der Waals surface area contributed by atoms with Gasteiger partial charge in [0.2, 0.25) is 5.91 Å². The van der Waals surface area contributed by atoms with Crippen LogP contribution in [-0.4, -0.2) is 21.9 Å². The number of carbonyl (C=O) groups excluding carboxylic acids is 1. The topological polar surface area (TPSA) is 58.1 Å². The molecule has 1 amide bonds. The summed E-state index contributed by atoms with van der Waals surface area (Å²) in [6.07, 6.45) is 3.51. The van der Waals surface area contributed by atoms with Crippen molar-refractivity contribution in [1.29, 1.82) is 0 Å². The molecule has 2 heterocycles.